The molecule has 1 atom stereocenters. The predicted molar refractivity (Wildman–Crippen MR) is 94.2 cm³/mol. The van der Waals surface area contributed by atoms with Crippen LogP contribution in [0.2, 0.25) is 0 Å². The fourth-order valence-corrected chi connectivity index (χ4v) is 2.40. The van der Waals surface area contributed by atoms with Gasteiger partial charge in [0.05, 0.1) is 11.1 Å². The van der Waals surface area contributed by atoms with Gasteiger partial charge >= 0.3 is 5.97 Å². The highest BCUT2D eigenvalue weighted by molar-refractivity contribution is 6.03. The molecule has 1 unspecified atom stereocenters. The lowest BCUT2D eigenvalue weighted by atomic mass is 10.1. The maximum atomic E-state index is 12.4. The largest absolute Gasteiger partial charge is 0.449 e. The van der Waals surface area contributed by atoms with Gasteiger partial charge in [-0.2, -0.15) is 0 Å². The van der Waals surface area contributed by atoms with Gasteiger partial charge in [-0.1, -0.05) is 18.2 Å². The third-order valence-electron chi connectivity index (χ3n) is 3.66. The minimum Gasteiger partial charge on any atom is -0.449 e. The highest BCUT2D eigenvalue weighted by Crippen LogP contribution is 2.16. The number of nitrogens with one attached hydrogen (secondary N) is 1. The van der Waals surface area contributed by atoms with Gasteiger partial charge in [0.2, 0.25) is 0 Å². The SMILES string of the molecule is Cc1cccc(NC(=O)C(C)OC(=O)c2cccc3nccnc23)c1. The van der Waals surface area contributed by atoms with E-state index in [9.17, 15) is 9.59 Å². The van der Waals surface area contributed by atoms with Gasteiger partial charge in [0, 0.05) is 18.1 Å². The van der Waals surface area contributed by atoms with E-state index in [0.717, 1.165) is 5.56 Å². The van der Waals surface area contributed by atoms with Crippen LogP contribution >= 0.6 is 0 Å². The fraction of sp³-hybridized carbons (Fsp3) is 0.158. The van der Waals surface area contributed by atoms with Crippen molar-refractivity contribution in [3.05, 3.63) is 66.0 Å². The molecule has 1 N–H and O–H groups in total. The molecule has 0 spiro atoms. The van der Waals surface area contributed by atoms with Gasteiger partial charge in [-0.05, 0) is 43.7 Å². The molecule has 6 nitrogen and oxygen atoms in total. The van der Waals surface area contributed by atoms with Crippen molar-refractivity contribution >= 4 is 28.6 Å². The van der Waals surface area contributed by atoms with Gasteiger partial charge < -0.3 is 10.1 Å². The molecular weight excluding hydrogens is 318 g/mol. The Bertz CT molecular complexity index is 935. The van der Waals surface area contributed by atoms with Crippen LogP contribution in [-0.4, -0.2) is 27.9 Å². The Morgan fingerprint density at radius 2 is 1.84 bits per heavy atom. The number of hydrogen-bond acceptors (Lipinski definition) is 5. The van der Waals surface area contributed by atoms with Gasteiger partial charge in [0.15, 0.2) is 6.10 Å². The maximum absolute atomic E-state index is 12.4. The van der Waals surface area contributed by atoms with Crippen molar-refractivity contribution in [2.75, 3.05) is 5.32 Å². The van der Waals surface area contributed by atoms with Crippen molar-refractivity contribution in [2.45, 2.75) is 20.0 Å². The lowest BCUT2D eigenvalue weighted by molar-refractivity contribution is -0.123. The molecule has 6 heteroatoms. The van der Waals surface area contributed by atoms with E-state index in [4.69, 9.17) is 4.74 Å². The Kier molecular flexibility index (Phi) is 4.70. The first kappa shape index (κ1) is 16.6. The Labute approximate surface area is 144 Å². The predicted octanol–water partition coefficient (Wildman–Crippen LogP) is 3.12. The van der Waals surface area contributed by atoms with Crippen LogP contribution in [-0.2, 0) is 9.53 Å². The first-order valence-corrected chi connectivity index (χ1v) is 7.83. The second-order valence-corrected chi connectivity index (χ2v) is 5.64. The van der Waals surface area contributed by atoms with E-state index in [1.807, 2.05) is 25.1 Å². The van der Waals surface area contributed by atoms with Crippen LogP contribution in [0.15, 0.2) is 54.9 Å². The third-order valence-corrected chi connectivity index (χ3v) is 3.66. The Morgan fingerprint density at radius 3 is 2.64 bits per heavy atom. The summed E-state index contributed by atoms with van der Waals surface area (Å²) in [7, 11) is 0. The number of hydrogen-bond donors (Lipinski definition) is 1. The number of aryl methyl sites for hydroxylation is 1. The molecule has 2 aromatic carbocycles. The van der Waals surface area contributed by atoms with Crippen LogP contribution in [0.25, 0.3) is 11.0 Å². The van der Waals surface area contributed by atoms with E-state index in [0.29, 0.717) is 16.7 Å². The normalized spacial score (nSPS) is 11.8. The Hall–Kier alpha value is -3.28. The first-order valence-electron chi connectivity index (χ1n) is 7.83. The first-order chi connectivity index (χ1) is 12.0. The van der Waals surface area contributed by atoms with Gasteiger partial charge in [0.1, 0.15) is 5.52 Å². The number of anilines is 1. The number of rotatable bonds is 4. The quantitative estimate of drug-likeness (QED) is 0.741. The van der Waals surface area contributed by atoms with Gasteiger partial charge in [-0.25, -0.2) is 4.79 Å². The molecule has 126 valence electrons. The number of amides is 1. The van der Waals surface area contributed by atoms with Crippen LogP contribution < -0.4 is 5.32 Å². The number of carbonyl (C=O) groups is 2. The number of para-hydroxylation sites is 1. The molecule has 0 saturated heterocycles. The molecule has 0 radical (unpaired) electrons. The summed E-state index contributed by atoms with van der Waals surface area (Å²) >= 11 is 0. The fourth-order valence-electron chi connectivity index (χ4n) is 2.40. The van der Waals surface area contributed by atoms with Crippen molar-refractivity contribution in [1.82, 2.24) is 9.97 Å². The van der Waals surface area contributed by atoms with E-state index in [1.54, 1.807) is 30.5 Å². The molecule has 0 aliphatic heterocycles. The molecular formula is C19H17N3O3. The topological polar surface area (TPSA) is 81.2 Å². The molecule has 3 rings (SSSR count). The lowest BCUT2D eigenvalue weighted by Crippen LogP contribution is -2.30. The molecule has 25 heavy (non-hydrogen) atoms. The van der Waals surface area contributed by atoms with Crippen LogP contribution in [0.1, 0.15) is 22.8 Å². The van der Waals surface area contributed by atoms with Crippen molar-refractivity contribution < 1.29 is 14.3 Å². The highest BCUT2D eigenvalue weighted by atomic mass is 16.5. The second kappa shape index (κ2) is 7.09. The number of benzene rings is 2. The number of carbonyl (C=O) groups excluding carboxylic acids is 2. The van der Waals surface area contributed by atoms with Crippen molar-refractivity contribution in [1.29, 1.82) is 0 Å². The van der Waals surface area contributed by atoms with Crippen molar-refractivity contribution in [3.63, 3.8) is 0 Å². The van der Waals surface area contributed by atoms with E-state index < -0.39 is 18.0 Å². The maximum Gasteiger partial charge on any atom is 0.341 e. The molecule has 1 aromatic heterocycles. The molecule has 0 fully saturated rings. The number of ether oxygens (including phenoxy) is 1. The average molecular weight is 335 g/mol. The highest BCUT2D eigenvalue weighted by Gasteiger charge is 2.21. The lowest BCUT2D eigenvalue weighted by Gasteiger charge is -2.14. The van der Waals surface area contributed by atoms with Gasteiger partial charge in [-0.3, -0.25) is 14.8 Å². The zero-order chi connectivity index (χ0) is 17.8. The standard InChI is InChI=1S/C19H17N3O3/c1-12-5-3-6-14(11-12)22-18(23)13(2)25-19(24)15-7-4-8-16-17(15)21-10-9-20-16/h3-11,13H,1-2H3,(H,22,23). The summed E-state index contributed by atoms with van der Waals surface area (Å²) in [6, 6.07) is 12.5. The van der Waals surface area contributed by atoms with Crippen molar-refractivity contribution in [2.24, 2.45) is 0 Å². The molecule has 1 amide bonds. The van der Waals surface area contributed by atoms with Crippen LogP contribution in [0, 0.1) is 6.92 Å². The summed E-state index contributed by atoms with van der Waals surface area (Å²) in [6.45, 7) is 3.46. The molecule has 0 saturated carbocycles. The smallest absolute Gasteiger partial charge is 0.341 e. The van der Waals surface area contributed by atoms with Crippen LogP contribution in [0.4, 0.5) is 5.69 Å². The summed E-state index contributed by atoms with van der Waals surface area (Å²) in [5, 5.41) is 2.73. The molecule has 0 bridgehead atoms. The Morgan fingerprint density at radius 1 is 1.08 bits per heavy atom. The zero-order valence-electron chi connectivity index (χ0n) is 13.9. The van der Waals surface area contributed by atoms with Crippen molar-refractivity contribution in [3.8, 4) is 0 Å². The van der Waals surface area contributed by atoms with E-state index >= 15 is 0 Å². The van der Waals surface area contributed by atoms with Gasteiger partial charge in [-0.15, -0.1) is 0 Å². The summed E-state index contributed by atoms with van der Waals surface area (Å²) in [6.07, 6.45) is 2.11. The summed E-state index contributed by atoms with van der Waals surface area (Å²) in [5.74, 6) is -1.01. The molecule has 0 aliphatic carbocycles. The summed E-state index contributed by atoms with van der Waals surface area (Å²) < 4.78 is 5.29. The summed E-state index contributed by atoms with van der Waals surface area (Å²) in [4.78, 5) is 33.0. The van der Waals surface area contributed by atoms with E-state index in [-0.39, 0.29) is 5.56 Å². The second-order valence-electron chi connectivity index (χ2n) is 5.64. The molecule has 0 aliphatic rings. The Balaban J connectivity index is 1.72. The third kappa shape index (κ3) is 3.80. The summed E-state index contributed by atoms with van der Waals surface area (Å²) in [5.41, 5.74) is 3.00. The minimum absolute atomic E-state index is 0.279. The monoisotopic (exact) mass is 335 g/mol. The zero-order valence-corrected chi connectivity index (χ0v) is 13.9. The number of fused-ring (bicyclic) bond motifs is 1. The molecule has 1 heterocycles. The number of esters is 1. The minimum atomic E-state index is -0.945. The van der Waals surface area contributed by atoms with Crippen LogP contribution in [0.5, 0.6) is 0 Å². The molecule has 3 aromatic rings. The van der Waals surface area contributed by atoms with Gasteiger partial charge in [0.25, 0.3) is 5.91 Å². The number of aromatic nitrogens is 2. The van der Waals surface area contributed by atoms with E-state index in [1.165, 1.54) is 13.1 Å². The van der Waals surface area contributed by atoms with E-state index in [2.05, 4.69) is 15.3 Å². The number of nitrogens with zero attached hydrogens (tertiary/aromatic N) is 2. The van der Waals surface area contributed by atoms with Crippen LogP contribution in [0.3, 0.4) is 0 Å². The average Bonchev–Trinajstić information content (AvgIpc) is 2.61.